The highest BCUT2D eigenvalue weighted by Crippen LogP contribution is 2.16. The molecule has 2 heterocycles. The summed E-state index contributed by atoms with van der Waals surface area (Å²) in [5.74, 6) is 0.221. The van der Waals surface area contributed by atoms with Gasteiger partial charge in [0.2, 0.25) is 5.91 Å². The number of benzene rings is 2. The van der Waals surface area contributed by atoms with E-state index in [2.05, 4.69) is 51.7 Å². The molecule has 0 saturated carbocycles. The quantitative estimate of drug-likeness (QED) is 0.702. The van der Waals surface area contributed by atoms with Gasteiger partial charge in [0.25, 0.3) is 0 Å². The molecular formula is C25H33N5O2. The minimum Gasteiger partial charge on any atom is -0.338 e. The van der Waals surface area contributed by atoms with Crippen LogP contribution in [-0.2, 0) is 24.4 Å². The van der Waals surface area contributed by atoms with Crippen LogP contribution in [0, 0.1) is 0 Å². The van der Waals surface area contributed by atoms with Gasteiger partial charge in [-0.05, 0) is 42.3 Å². The molecule has 7 heteroatoms. The summed E-state index contributed by atoms with van der Waals surface area (Å²) in [7, 11) is 2.17. The van der Waals surface area contributed by atoms with Gasteiger partial charge in [0.1, 0.15) is 0 Å². The van der Waals surface area contributed by atoms with Crippen LogP contribution in [0.15, 0.2) is 48.5 Å². The van der Waals surface area contributed by atoms with Crippen LogP contribution in [0.3, 0.4) is 0 Å². The zero-order valence-corrected chi connectivity index (χ0v) is 18.8. The number of carbonyl (C=O) groups excluding carboxylic acids is 2. The second kappa shape index (κ2) is 10.6. The fourth-order valence-corrected chi connectivity index (χ4v) is 4.17. The molecule has 0 spiro atoms. The lowest BCUT2D eigenvalue weighted by atomic mass is 10.1. The second-order valence-corrected chi connectivity index (χ2v) is 8.82. The molecular weight excluding hydrogens is 402 g/mol. The molecule has 0 aliphatic carbocycles. The Morgan fingerprint density at radius 1 is 0.844 bits per heavy atom. The Kier molecular flexibility index (Phi) is 7.39. The first kappa shape index (κ1) is 22.3. The molecule has 2 aliphatic heterocycles. The van der Waals surface area contributed by atoms with Crippen molar-refractivity contribution in [1.82, 2.24) is 20.0 Å². The molecule has 0 aromatic heterocycles. The zero-order valence-electron chi connectivity index (χ0n) is 18.8. The largest absolute Gasteiger partial charge is 0.338 e. The van der Waals surface area contributed by atoms with E-state index in [1.54, 1.807) is 0 Å². The zero-order chi connectivity index (χ0) is 22.3. The average molecular weight is 436 g/mol. The molecule has 0 atom stereocenters. The molecule has 0 radical (unpaired) electrons. The first-order chi connectivity index (χ1) is 15.5. The Hall–Kier alpha value is -2.90. The van der Waals surface area contributed by atoms with Gasteiger partial charge in [-0.15, -0.1) is 0 Å². The lowest BCUT2D eigenvalue weighted by molar-refractivity contribution is -0.128. The Balaban J connectivity index is 1.19. The number of likely N-dealkylation sites (tertiary alicyclic amines) is 1. The van der Waals surface area contributed by atoms with Gasteiger partial charge >= 0.3 is 6.03 Å². The SMILES string of the molecule is CN1CCN(Cc2ccc(CNC(=O)Nc3ccc(CN4CCCC4=O)cc3)cc2)CC1. The van der Waals surface area contributed by atoms with Crippen molar-refractivity contribution < 1.29 is 9.59 Å². The van der Waals surface area contributed by atoms with E-state index in [-0.39, 0.29) is 11.9 Å². The van der Waals surface area contributed by atoms with Gasteiger partial charge in [0.05, 0.1) is 0 Å². The first-order valence-corrected chi connectivity index (χ1v) is 11.5. The highest BCUT2D eigenvalue weighted by atomic mass is 16.2. The number of piperazine rings is 1. The van der Waals surface area contributed by atoms with Crippen molar-refractivity contribution in [3.8, 4) is 0 Å². The number of nitrogens with one attached hydrogen (secondary N) is 2. The number of likely N-dealkylation sites (N-methyl/N-ethyl adjacent to an activating group) is 1. The van der Waals surface area contributed by atoms with E-state index in [0.29, 0.717) is 19.5 Å². The van der Waals surface area contributed by atoms with E-state index in [9.17, 15) is 9.59 Å². The van der Waals surface area contributed by atoms with Gasteiger partial charge in [0.15, 0.2) is 0 Å². The minimum absolute atomic E-state index is 0.221. The Labute approximate surface area is 190 Å². The lowest BCUT2D eigenvalue weighted by Gasteiger charge is -2.32. The second-order valence-electron chi connectivity index (χ2n) is 8.82. The highest BCUT2D eigenvalue weighted by Gasteiger charge is 2.19. The van der Waals surface area contributed by atoms with E-state index in [1.807, 2.05) is 29.2 Å². The van der Waals surface area contributed by atoms with Crippen molar-refractivity contribution in [3.63, 3.8) is 0 Å². The molecule has 32 heavy (non-hydrogen) atoms. The predicted octanol–water partition coefficient (Wildman–Crippen LogP) is 2.88. The molecule has 2 aliphatic rings. The number of carbonyl (C=O) groups is 2. The smallest absolute Gasteiger partial charge is 0.319 e. The number of urea groups is 1. The predicted molar refractivity (Wildman–Crippen MR) is 126 cm³/mol. The van der Waals surface area contributed by atoms with Crippen molar-refractivity contribution >= 4 is 17.6 Å². The molecule has 2 aromatic rings. The summed E-state index contributed by atoms with van der Waals surface area (Å²) < 4.78 is 0. The fourth-order valence-electron chi connectivity index (χ4n) is 4.17. The number of amides is 3. The van der Waals surface area contributed by atoms with Gasteiger partial charge in [-0.1, -0.05) is 36.4 Å². The van der Waals surface area contributed by atoms with Crippen LogP contribution in [0.1, 0.15) is 29.5 Å². The summed E-state index contributed by atoms with van der Waals surface area (Å²) in [4.78, 5) is 30.7. The lowest BCUT2D eigenvalue weighted by Crippen LogP contribution is -2.43. The van der Waals surface area contributed by atoms with Crippen LogP contribution in [0.25, 0.3) is 0 Å². The molecule has 2 saturated heterocycles. The molecule has 2 aromatic carbocycles. The third-order valence-electron chi connectivity index (χ3n) is 6.23. The highest BCUT2D eigenvalue weighted by molar-refractivity contribution is 5.89. The third-order valence-corrected chi connectivity index (χ3v) is 6.23. The Morgan fingerprint density at radius 2 is 1.47 bits per heavy atom. The van der Waals surface area contributed by atoms with E-state index >= 15 is 0 Å². The Morgan fingerprint density at radius 3 is 2.12 bits per heavy atom. The summed E-state index contributed by atoms with van der Waals surface area (Å²) in [6, 6.07) is 15.9. The van der Waals surface area contributed by atoms with Gasteiger partial charge in [-0.2, -0.15) is 0 Å². The minimum atomic E-state index is -0.228. The summed E-state index contributed by atoms with van der Waals surface area (Å²) >= 11 is 0. The van der Waals surface area contributed by atoms with E-state index in [4.69, 9.17) is 0 Å². The Bertz CT molecular complexity index is 905. The number of anilines is 1. The van der Waals surface area contributed by atoms with E-state index < -0.39 is 0 Å². The first-order valence-electron chi connectivity index (χ1n) is 11.5. The number of nitrogens with zero attached hydrogens (tertiary/aromatic N) is 3. The average Bonchev–Trinajstić information content (AvgIpc) is 3.20. The third kappa shape index (κ3) is 6.31. The molecule has 2 fully saturated rings. The molecule has 170 valence electrons. The van der Waals surface area contributed by atoms with Crippen LogP contribution >= 0.6 is 0 Å². The topological polar surface area (TPSA) is 67.9 Å². The van der Waals surface area contributed by atoms with Crippen molar-refractivity contribution in [3.05, 3.63) is 65.2 Å². The van der Waals surface area contributed by atoms with Crippen molar-refractivity contribution in [2.24, 2.45) is 0 Å². The van der Waals surface area contributed by atoms with Crippen molar-refractivity contribution in [1.29, 1.82) is 0 Å². The van der Waals surface area contributed by atoms with E-state index in [0.717, 1.165) is 62.5 Å². The van der Waals surface area contributed by atoms with Crippen LogP contribution in [0.2, 0.25) is 0 Å². The monoisotopic (exact) mass is 435 g/mol. The maximum atomic E-state index is 12.3. The summed E-state index contributed by atoms with van der Waals surface area (Å²) in [6.07, 6.45) is 1.59. The van der Waals surface area contributed by atoms with Gasteiger partial charge in [0, 0.05) is 64.5 Å². The van der Waals surface area contributed by atoms with Crippen LogP contribution in [0.5, 0.6) is 0 Å². The number of hydrogen-bond donors (Lipinski definition) is 2. The van der Waals surface area contributed by atoms with Crippen LogP contribution in [-0.4, -0.2) is 66.4 Å². The fraction of sp³-hybridized carbons (Fsp3) is 0.440. The number of rotatable bonds is 7. The van der Waals surface area contributed by atoms with Gasteiger partial charge in [-0.3, -0.25) is 9.69 Å². The van der Waals surface area contributed by atoms with Crippen molar-refractivity contribution in [2.75, 3.05) is 45.1 Å². The van der Waals surface area contributed by atoms with Crippen LogP contribution < -0.4 is 10.6 Å². The molecule has 4 rings (SSSR count). The van der Waals surface area contributed by atoms with Crippen LogP contribution in [0.4, 0.5) is 10.5 Å². The van der Waals surface area contributed by atoms with E-state index in [1.165, 1.54) is 5.56 Å². The molecule has 0 bridgehead atoms. The summed E-state index contributed by atoms with van der Waals surface area (Å²) in [6.45, 7) is 7.39. The maximum Gasteiger partial charge on any atom is 0.319 e. The maximum absolute atomic E-state index is 12.3. The van der Waals surface area contributed by atoms with Gasteiger partial charge in [-0.25, -0.2) is 4.79 Å². The molecule has 2 N–H and O–H groups in total. The van der Waals surface area contributed by atoms with Crippen molar-refractivity contribution in [2.45, 2.75) is 32.5 Å². The molecule has 7 nitrogen and oxygen atoms in total. The molecule has 3 amide bonds. The standard InChI is InChI=1S/C25H33N5O2/c1-28-13-15-29(16-14-28)18-21-6-4-20(5-7-21)17-26-25(32)27-23-10-8-22(9-11-23)19-30-12-2-3-24(30)31/h4-11H,2-3,12-19H2,1H3,(H2,26,27,32). The normalized spacial score (nSPS) is 17.5. The summed E-state index contributed by atoms with van der Waals surface area (Å²) in [5.41, 5.74) is 4.19. The van der Waals surface area contributed by atoms with Gasteiger partial charge < -0.3 is 20.4 Å². The number of hydrogen-bond acceptors (Lipinski definition) is 4. The summed E-state index contributed by atoms with van der Waals surface area (Å²) in [5, 5.41) is 5.78. The molecule has 0 unspecified atom stereocenters.